The Morgan fingerprint density at radius 1 is 1.43 bits per heavy atom. The molecule has 0 aromatic heterocycles. The van der Waals surface area contributed by atoms with Gasteiger partial charge in [-0.15, -0.1) is 0 Å². The van der Waals surface area contributed by atoms with Gasteiger partial charge >= 0.3 is 0 Å². The van der Waals surface area contributed by atoms with Crippen LogP contribution in [0.5, 0.6) is 5.75 Å². The maximum atomic E-state index is 12.2. The van der Waals surface area contributed by atoms with Gasteiger partial charge in [0.05, 0.1) is 13.7 Å². The summed E-state index contributed by atoms with van der Waals surface area (Å²) in [6, 6.07) is 7.96. The van der Waals surface area contributed by atoms with Gasteiger partial charge in [0, 0.05) is 29.1 Å². The molecule has 2 unspecified atom stereocenters. The maximum Gasteiger partial charge on any atom is 0.238 e. The van der Waals surface area contributed by atoms with E-state index in [1.165, 1.54) is 11.5 Å². The van der Waals surface area contributed by atoms with E-state index in [1.807, 2.05) is 46.6 Å². The molecular weight excluding hydrogens is 304 g/mol. The van der Waals surface area contributed by atoms with Gasteiger partial charge in [-0.1, -0.05) is 12.1 Å². The van der Waals surface area contributed by atoms with Crippen LogP contribution in [0.25, 0.3) is 0 Å². The highest BCUT2D eigenvalue weighted by molar-refractivity contribution is 8.06. The molecule has 0 radical (unpaired) electrons. The fraction of sp³-hybridized carbons (Fsp3) is 0.533. The van der Waals surface area contributed by atoms with E-state index in [0.29, 0.717) is 11.8 Å². The quantitative estimate of drug-likeness (QED) is 0.917. The van der Waals surface area contributed by atoms with Gasteiger partial charge in [-0.2, -0.15) is 23.5 Å². The van der Waals surface area contributed by atoms with E-state index in [4.69, 9.17) is 4.74 Å². The van der Waals surface area contributed by atoms with Gasteiger partial charge in [-0.25, -0.2) is 0 Å². The van der Waals surface area contributed by atoms with Crippen molar-refractivity contribution >= 4 is 29.4 Å². The third kappa shape index (κ3) is 3.49. The van der Waals surface area contributed by atoms with E-state index in [9.17, 15) is 4.79 Å². The molecule has 3 rings (SSSR count). The smallest absolute Gasteiger partial charge is 0.238 e. The van der Waals surface area contributed by atoms with E-state index in [1.54, 1.807) is 7.11 Å². The van der Waals surface area contributed by atoms with Gasteiger partial charge in [-0.3, -0.25) is 10.1 Å². The number of nitrogens with zero attached hydrogens (tertiary/aromatic N) is 1. The second kappa shape index (κ2) is 6.94. The number of amides is 1. The summed E-state index contributed by atoms with van der Waals surface area (Å²) in [4.78, 5) is 14.2. The number of hydrogen-bond donors (Lipinski definition) is 1. The molecule has 1 aromatic carbocycles. The molecule has 2 atom stereocenters. The second-order valence-electron chi connectivity index (χ2n) is 5.17. The van der Waals surface area contributed by atoms with E-state index in [-0.39, 0.29) is 12.1 Å². The van der Waals surface area contributed by atoms with Crippen LogP contribution in [0.4, 0.5) is 0 Å². The number of carbonyl (C=O) groups excluding carboxylic acids is 1. The number of hydrogen-bond acceptors (Lipinski definition) is 5. The average molecular weight is 324 g/mol. The van der Waals surface area contributed by atoms with Gasteiger partial charge in [0.25, 0.3) is 0 Å². The van der Waals surface area contributed by atoms with Crippen LogP contribution in [0.15, 0.2) is 24.3 Å². The number of benzene rings is 1. The van der Waals surface area contributed by atoms with Crippen LogP contribution in [0.2, 0.25) is 0 Å². The first-order chi connectivity index (χ1) is 10.3. The summed E-state index contributed by atoms with van der Waals surface area (Å²) in [5.74, 6) is 4.58. The lowest BCUT2D eigenvalue weighted by Gasteiger charge is -2.30. The van der Waals surface area contributed by atoms with Crippen molar-refractivity contribution in [1.82, 2.24) is 10.2 Å². The molecule has 2 fully saturated rings. The molecular formula is C15H20N2O2S2. The fourth-order valence-electron chi connectivity index (χ4n) is 2.72. The summed E-state index contributed by atoms with van der Waals surface area (Å²) in [5, 5.41) is 3.86. The lowest BCUT2D eigenvalue weighted by Crippen LogP contribution is -2.37. The van der Waals surface area contributed by atoms with Gasteiger partial charge < -0.3 is 9.64 Å². The molecule has 6 heteroatoms. The molecule has 4 nitrogen and oxygen atoms in total. The molecule has 2 saturated heterocycles. The second-order valence-corrected chi connectivity index (χ2v) is 7.73. The Bertz CT molecular complexity index is 506. The van der Waals surface area contributed by atoms with Gasteiger partial charge in [0.2, 0.25) is 5.91 Å². The lowest BCUT2D eigenvalue weighted by atomic mass is 10.1. The topological polar surface area (TPSA) is 41.6 Å². The van der Waals surface area contributed by atoms with Crippen LogP contribution in [0.3, 0.4) is 0 Å². The van der Waals surface area contributed by atoms with Crippen molar-refractivity contribution in [3.63, 3.8) is 0 Å². The van der Waals surface area contributed by atoms with E-state index >= 15 is 0 Å². The number of methoxy groups -OCH3 is 1. The van der Waals surface area contributed by atoms with Crippen LogP contribution in [-0.4, -0.2) is 53.5 Å². The van der Waals surface area contributed by atoms with Crippen LogP contribution >= 0.6 is 23.5 Å². The third-order valence-corrected chi connectivity index (χ3v) is 6.60. The van der Waals surface area contributed by atoms with Gasteiger partial charge in [0.15, 0.2) is 0 Å². The molecule has 1 N–H and O–H groups in total. The standard InChI is InChI=1S/C15H20N2O2S2/c1-19-12-4-2-3-11(7-12)15-16-8-14(18)17(15)9-13-10-20-5-6-21-13/h2-4,7,13,15-16H,5-6,8-10H2,1H3. The maximum absolute atomic E-state index is 12.2. The highest BCUT2D eigenvalue weighted by atomic mass is 32.2. The number of rotatable bonds is 4. The normalized spacial score (nSPS) is 26.1. The predicted molar refractivity (Wildman–Crippen MR) is 89.0 cm³/mol. The molecule has 0 bridgehead atoms. The first kappa shape index (κ1) is 15.1. The van der Waals surface area contributed by atoms with Crippen LogP contribution in [0.1, 0.15) is 11.7 Å². The first-order valence-corrected chi connectivity index (χ1v) is 9.34. The largest absolute Gasteiger partial charge is 0.497 e. The van der Waals surface area contributed by atoms with Crippen molar-refractivity contribution in [2.45, 2.75) is 11.4 Å². The predicted octanol–water partition coefficient (Wildman–Crippen LogP) is 1.97. The summed E-state index contributed by atoms with van der Waals surface area (Å²) < 4.78 is 5.29. The van der Waals surface area contributed by atoms with Crippen molar-refractivity contribution in [1.29, 1.82) is 0 Å². The lowest BCUT2D eigenvalue weighted by molar-refractivity contribution is -0.128. The zero-order chi connectivity index (χ0) is 14.7. The Hall–Kier alpha value is -0.850. The molecule has 2 aliphatic rings. The van der Waals surface area contributed by atoms with Crippen LogP contribution in [0, 0.1) is 0 Å². The van der Waals surface area contributed by atoms with E-state index in [0.717, 1.165) is 23.6 Å². The SMILES string of the molecule is COc1cccc(C2NCC(=O)N2CC2CSCCS2)c1. The van der Waals surface area contributed by atoms with Crippen molar-refractivity contribution in [3.8, 4) is 5.75 Å². The summed E-state index contributed by atoms with van der Waals surface area (Å²) >= 11 is 3.98. The minimum atomic E-state index is -0.0277. The number of nitrogens with one attached hydrogen (secondary N) is 1. The molecule has 0 saturated carbocycles. The highest BCUT2D eigenvalue weighted by Crippen LogP contribution is 2.30. The number of carbonyl (C=O) groups is 1. The van der Waals surface area contributed by atoms with Crippen LogP contribution in [-0.2, 0) is 4.79 Å². The summed E-state index contributed by atoms with van der Waals surface area (Å²) in [6.07, 6.45) is -0.0277. The average Bonchev–Trinajstić information content (AvgIpc) is 2.89. The zero-order valence-corrected chi connectivity index (χ0v) is 13.7. The van der Waals surface area contributed by atoms with Crippen molar-refractivity contribution in [2.75, 3.05) is 37.5 Å². The number of ether oxygens (including phenoxy) is 1. The third-order valence-electron chi connectivity index (χ3n) is 3.77. The minimum absolute atomic E-state index is 0.0277. The Morgan fingerprint density at radius 3 is 3.10 bits per heavy atom. The molecule has 21 heavy (non-hydrogen) atoms. The summed E-state index contributed by atoms with van der Waals surface area (Å²) in [7, 11) is 1.67. The van der Waals surface area contributed by atoms with Crippen LogP contribution < -0.4 is 10.1 Å². The van der Waals surface area contributed by atoms with E-state index in [2.05, 4.69) is 11.4 Å². The minimum Gasteiger partial charge on any atom is -0.497 e. The fourth-order valence-corrected chi connectivity index (χ4v) is 5.38. The Labute approximate surface area is 134 Å². The molecule has 2 heterocycles. The number of thioether (sulfide) groups is 2. The Balaban J connectivity index is 1.74. The summed E-state index contributed by atoms with van der Waals surface area (Å²) in [5.41, 5.74) is 1.09. The Morgan fingerprint density at radius 2 is 2.33 bits per heavy atom. The van der Waals surface area contributed by atoms with Crippen molar-refractivity contribution in [3.05, 3.63) is 29.8 Å². The molecule has 2 aliphatic heterocycles. The molecule has 1 amide bonds. The molecule has 114 valence electrons. The van der Waals surface area contributed by atoms with Gasteiger partial charge in [-0.05, 0) is 17.7 Å². The Kier molecular flexibility index (Phi) is 4.98. The molecule has 1 aromatic rings. The van der Waals surface area contributed by atoms with Crippen molar-refractivity contribution in [2.24, 2.45) is 0 Å². The highest BCUT2D eigenvalue weighted by Gasteiger charge is 2.33. The molecule has 0 aliphatic carbocycles. The van der Waals surface area contributed by atoms with Gasteiger partial charge in [0.1, 0.15) is 11.9 Å². The first-order valence-electron chi connectivity index (χ1n) is 7.14. The van der Waals surface area contributed by atoms with E-state index < -0.39 is 0 Å². The zero-order valence-electron chi connectivity index (χ0n) is 12.1. The monoisotopic (exact) mass is 324 g/mol. The summed E-state index contributed by atoms with van der Waals surface area (Å²) in [6.45, 7) is 1.25. The molecule has 0 spiro atoms. The van der Waals surface area contributed by atoms with Crippen molar-refractivity contribution < 1.29 is 9.53 Å².